The SMILES string of the molecule is CCOCCN1CCN([C@@H](C)C(=O)NC(C)C)CC1. The molecule has 1 rings (SSSR count). The summed E-state index contributed by atoms with van der Waals surface area (Å²) in [7, 11) is 0. The van der Waals surface area contributed by atoms with Crippen LogP contribution in [0.4, 0.5) is 0 Å². The van der Waals surface area contributed by atoms with Crippen molar-refractivity contribution in [2.75, 3.05) is 45.9 Å². The number of piperazine rings is 1. The molecule has 0 bridgehead atoms. The summed E-state index contributed by atoms with van der Waals surface area (Å²) in [6.07, 6.45) is 0. The van der Waals surface area contributed by atoms with Gasteiger partial charge in [-0.3, -0.25) is 14.6 Å². The highest BCUT2D eigenvalue weighted by Crippen LogP contribution is 2.06. The van der Waals surface area contributed by atoms with Gasteiger partial charge in [-0.15, -0.1) is 0 Å². The van der Waals surface area contributed by atoms with Crippen molar-refractivity contribution in [3.05, 3.63) is 0 Å². The van der Waals surface area contributed by atoms with Crippen LogP contribution in [0.25, 0.3) is 0 Å². The zero-order valence-corrected chi connectivity index (χ0v) is 12.8. The zero-order chi connectivity index (χ0) is 14.3. The Morgan fingerprint density at radius 1 is 1.21 bits per heavy atom. The maximum atomic E-state index is 12.0. The van der Waals surface area contributed by atoms with Gasteiger partial charge in [0.1, 0.15) is 0 Å². The molecule has 0 saturated carbocycles. The van der Waals surface area contributed by atoms with Crippen LogP contribution in [0.15, 0.2) is 0 Å². The number of amides is 1. The Labute approximate surface area is 117 Å². The molecule has 1 N–H and O–H groups in total. The first-order valence-corrected chi connectivity index (χ1v) is 7.39. The maximum absolute atomic E-state index is 12.0. The predicted molar refractivity (Wildman–Crippen MR) is 77.2 cm³/mol. The van der Waals surface area contributed by atoms with E-state index in [1.54, 1.807) is 0 Å². The Morgan fingerprint density at radius 2 is 1.84 bits per heavy atom. The molecule has 112 valence electrons. The number of nitrogens with zero attached hydrogens (tertiary/aromatic N) is 2. The molecule has 5 heteroatoms. The summed E-state index contributed by atoms with van der Waals surface area (Å²) in [4.78, 5) is 16.6. The first-order chi connectivity index (χ1) is 9.04. The summed E-state index contributed by atoms with van der Waals surface area (Å²) in [6, 6.07) is 0.180. The first-order valence-electron chi connectivity index (χ1n) is 7.39. The maximum Gasteiger partial charge on any atom is 0.237 e. The van der Waals surface area contributed by atoms with Gasteiger partial charge in [0, 0.05) is 45.4 Å². The number of carbonyl (C=O) groups is 1. The fraction of sp³-hybridized carbons (Fsp3) is 0.929. The zero-order valence-electron chi connectivity index (χ0n) is 12.8. The molecule has 1 amide bonds. The monoisotopic (exact) mass is 271 g/mol. The second-order valence-electron chi connectivity index (χ2n) is 5.41. The van der Waals surface area contributed by atoms with Crippen molar-refractivity contribution in [3.8, 4) is 0 Å². The van der Waals surface area contributed by atoms with Gasteiger partial charge in [-0.25, -0.2) is 0 Å². The van der Waals surface area contributed by atoms with E-state index in [2.05, 4.69) is 15.1 Å². The van der Waals surface area contributed by atoms with Crippen LogP contribution in [0, 0.1) is 0 Å². The van der Waals surface area contributed by atoms with Crippen molar-refractivity contribution < 1.29 is 9.53 Å². The molecule has 19 heavy (non-hydrogen) atoms. The number of rotatable bonds is 7. The fourth-order valence-electron chi connectivity index (χ4n) is 2.28. The fourth-order valence-corrected chi connectivity index (χ4v) is 2.28. The minimum absolute atomic E-state index is 0.0311. The average Bonchev–Trinajstić information content (AvgIpc) is 2.38. The van der Waals surface area contributed by atoms with E-state index in [1.807, 2.05) is 27.7 Å². The molecule has 0 aromatic rings. The van der Waals surface area contributed by atoms with E-state index >= 15 is 0 Å². The van der Waals surface area contributed by atoms with Gasteiger partial charge in [0.15, 0.2) is 0 Å². The minimum atomic E-state index is -0.0311. The van der Waals surface area contributed by atoms with Crippen LogP contribution in [-0.4, -0.2) is 73.7 Å². The van der Waals surface area contributed by atoms with E-state index < -0.39 is 0 Å². The largest absolute Gasteiger partial charge is 0.380 e. The average molecular weight is 271 g/mol. The third kappa shape index (κ3) is 5.89. The van der Waals surface area contributed by atoms with Gasteiger partial charge in [0.05, 0.1) is 12.6 Å². The third-order valence-corrected chi connectivity index (χ3v) is 3.52. The summed E-state index contributed by atoms with van der Waals surface area (Å²) in [5.41, 5.74) is 0. The Bertz CT molecular complexity index is 263. The van der Waals surface area contributed by atoms with Crippen LogP contribution < -0.4 is 5.32 Å². The summed E-state index contributed by atoms with van der Waals surface area (Å²) in [6.45, 7) is 14.5. The van der Waals surface area contributed by atoms with E-state index in [-0.39, 0.29) is 18.0 Å². The number of ether oxygens (including phenoxy) is 1. The van der Waals surface area contributed by atoms with Crippen molar-refractivity contribution in [3.63, 3.8) is 0 Å². The lowest BCUT2D eigenvalue weighted by Gasteiger charge is -2.37. The summed E-state index contributed by atoms with van der Waals surface area (Å²) in [5.74, 6) is 0.137. The number of hydrogen-bond acceptors (Lipinski definition) is 4. The topological polar surface area (TPSA) is 44.8 Å². The van der Waals surface area contributed by atoms with Crippen LogP contribution in [0.2, 0.25) is 0 Å². The van der Waals surface area contributed by atoms with E-state index in [0.717, 1.165) is 45.9 Å². The van der Waals surface area contributed by atoms with Crippen LogP contribution in [-0.2, 0) is 9.53 Å². The highest BCUT2D eigenvalue weighted by molar-refractivity contribution is 5.81. The molecule has 0 unspecified atom stereocenters. The standard InChI is InChI=1S/C14H29N3O2/c1-5-19-11-10-16-6-8-17(9-7-16)13(4)14(18)15-12(2)3/h12-13H,5-11H2,1-4H3,(H,15,18)/t13-/m0/s1. The molecule has 1 aliphatic rings. The summed E-state index contributed by atoms with van der Waals surface area (Å²) in [5, 5.41) is 2.98. The first kappa shape index (κ1) is 16.4. The Kier molecular flexibility index (Phi) is 7.34. The van der Waals surface area contributed by atoms with Gasteiger partial charge in [-0.1, -0.05) is 0 Å². The van der Waals surface area contributed by atoms with Crippen molar-refractivity contribution in [2.45, 2.75) is 39.8 Å². The normalized spacial score (nSPS) is 19.6. The lowest BCUT2D eigenvalue weighted by molar-refractivity contribution is -0.127. The molecule has 1 saturated heterocycles. The smallest absolute Gasteiger partial charge is 0.237 e. The molecule has 0 aromatic carbocycles. The van der Waals surface area contributed by atoms with Crippen LogP contribution in [0.5, 0.6) is 0 Å². The minimum Gasteiger partial charge on any atom is -0.380 e. The second-order valence-corrected chi connectivity index (χ2v) is 5.41. The molecular formula is C14H29N3O2. The Balaban J connectivity index is 2.26. The molecule has 1 aliphatic heterocycles. The van der Waals surface area contributed by atoms with Crippen LogP contribution >= 0.6 is 0 Å². The van der Waals surface area contributed by atoms with E-state index in [4.69, 9.17) is 4.74 Å². The lowest BCUT2D eigenvalue weighted by atomic mass is 10.2. The molecule has 1 heterocycles. The van der Waals surface area contributed by atoms with E-state index in [1.165, 1.54) is 0 Å². The Morgan fingerprint density at radius 3 is 2.37 bits per heavy atom. The number of nitrogens with one attached hydrogen (secondary N) is 1. The highest BCUT2D eigenvalue weighted by atomic mass is 16.5. The predicted octanol–water partition coefficient (Wildman–Crippen LogP) is 0.554. The molecule has 0 aromatic heterocycles. The summed E-state index contributed by atoms with van der Waals surface area (Å²) < 4.78 is 5.37. The van der Waals surface area contributed by atoms with E-state index in [0.29, 0.717) is 0 Å². The quantitative estimate of drug-likeness (QED) is 0.687. The number of hydrogen-bond donors (Lipinski definition) is 1. The van der Waals surface area contributed by atoms with Crippen molar-refractivity contribution >= 4 is 5.91 Å². The van der Waals surface area contributed by atoms with Crippen LogP contribution in [0.1, 0.15) is 27.7 Å². The van der Waals surface area contributed by atoms with E-state index in [9.17, 15) is 4.79 Å². The van der Waals surface area contributed by atoms with Gasteiger partial charge < -0.3 is 10.1 Å². The summed E-state index contributed by atoms with van der Waals surface area (Å²) >= 11 is 0. The molecular weight excluding hydrogens is 242 g/mol. The van der Waals surface area contributed by atoms with Crippen molar-refractivity contribution in [1.82, 2.24) is 15.1 Å². The molecule has 5 nitrogen and oxygen atoms in total. The highest BCUT2D eigenvalue weighted by Gasteiger charge is 2.25. The van der Waals surface area contributed by atoms with Gasteiger partial charge in [-0.2, -0.15) is 0 Å². The van der Waals surface area contributed by atoms with Gasteiger partial charge in [0.2, 0.25) is 5.91 Å². The third-order valence-electron chi connectivity index (χ3n) is 3.52. The Hall–Kier alpha value is -0.650. The molecule has 1 fully saturated rings. The number of carbonyl (C=O) groups excluding carboxylic acids is 1. The van der Waals surface area contributed by atoms with Gasteiger partial charge >= 0.3 is 0 Å². The molecule has 0 spiro atoms. The molecule has 1 atom stereocenters. The van der Waals surface area contributed by atoms with Gasteiger partial charge in [0.25, 0.3) is 0 Å². The lowest BCUT2D eigenvalue weighted by Crippen LogP contribution is -2.54. The van der Waals surface area contributed by atoms with Crippen molar-refractivity contribution in [2.24, 2.45) is 0 Å². The van der Waals surface area contributed by atoms with Gasteiger partial charge in [-0.05, 0) is 27.7 Å². The second kappa shape index (κ2) is 8.51. The molecule has 0 radical (unpaired) electrons. The van der Waals surface area contributed by atoms with Crippen molar-refractivity contribution in [1.29, 1.82) is 0 Å². The molecule has 0 aliphatic carbocycles. The van der Waals surface area contributed by atoms with Crippen LogP contribution in [0.3, 0.4) is 0 Å².